The van der Waals surface area contributed by atoms with Gasteiger partial charge in [-0.25, -0.2) is 0 Å². The monoisotopic (exact) mass is 1060 g/mol. The molecule has 0 bridgehead atoms. The topological polar surface area (TPSA) is 78.9 Å². The van der Waals surface area contributed by atoms with Crippen molar-refractivity contribution in [1.82, 2.24) is 0 Å². The van der Waals surface area contributed by atoms with Crippen molar-refractivity contribution in [3.8, 4) is 0 Å². The van der Waals surface area contributed by atoms with Crippen LogP contribution in [0.5, 0.6) is 0 Å². The van der Waals surface area contributed by atoms with Crippen LogP contribution in [0.3, 0.4) is 0 Å². The Kier molecular flexibility index (Phi) is 59.9. The van der Waals surface area contributed by atoms with Crippen LogP contribution in [-0.4, -0.2) is 37.2 Å². The number of esters is 3. The molecule has 6 heteroatoms. The van der Waals surface area contributed by atoms with Crippen LogP contribution >= 0.6 is 0 Å². The molecule has 0 aliphatic rings. The van der Waals surface area contributed by atoms with Crippen molar-refractivity contribution in [2.24, 2.45) is 0 Å². The number of ether oxygens (including phenoxy) is 3. The van der Waals surface area contributed by atoms with Gasteiger partial charge in [-0.05, 0) is 122 Å². The van der Waals surface area contributed by atoms with Gasteiger partial charge in [0.25, 0.3) is 0 Å². The van der Waals surface area contributed by atoms with Crippen molar-refractivity contribution < 1.29 is 28.6 Å². The van der Waals surface area contributed by atoms with E-state index >= 15 is 0 Å². The van der Waals surface area contributed by atoms with E-state index in [1.807, 2.05) is 6.08 Å². The van der Waals surface area contributed by atoms with Crippen molar-refractivity contribution in [1.29, 1.82) is 0 Å². The molecule has 0 amide bonds. The predicted octanol–water partition coefficient (Wildman–Crippen LogP) is 21.5. The van der Waals surface area contributed by atoms with Crippen molar-refractivity contribution in [3.05, 3.63) is 146 Å². The van der Waals surface area contributed by atoms with E-state index in [4.69, 9.17) is 14.2 Å². The number of hydrogen-bond donors (Lipinski definition) is 0. The highest BCUT2D eigenvalue weighted by Crippen LogP contribution is 2.15. The average Bonchev–Trinajstić information content (AvgIpc) is 3.43. The van der Waals surface area contributed by atoms with Crippen molar-refractivity contribution in [2.75, 3.05) is 13.2 Å². The lowest BCUT2D eigenvalue weighted by molar-refractivity contribution is -0.166. The second kappa shape index (κ2) is 63.8. The molecule has 1 unspecified atom stereocenters. The minimum Gasteiger partial charge on any atom is -0.462 e. The Morgan fingerprint density at radius 2 is 0.558 bits per heavy atom. The molecule has 77 heavy (non-hydrogen) atoms. The summed E-state index contributed by atoms with van der Waals surface area (Å²) >= 11 is 0. The normalized spacial score (nSPS) is 13.1. The zero-order valence-corrected chi connectivity index (χ0v) is 49.7. The fourth-order valence-corrected chi connectivity index (χ4v) is 8.22. The lowest BCUT2D eigenvalue weighted by Gasteiger charge is -2.18. The molecule has 0 spiro atoms. The standard InChI is InChI=1S/C71H114O6/c1-4-7-10-13-16-19-22-25-28-30-31-32-33-34-35-36-37-38-39-41-43-46-49-52-55-58-61-64-70(73)76-67-68(66-75-69(72)63-60-57-54-51-48-45-42-27-24-21-18-15-12-9-6-3)77-71(74)65-62-59-56-53-50-47-44-40-29-26-23-20-17-14-11-8-5-2/h7,9-10,12,16-21,25-29,31-32,34-35,42,48,51,57,60,68H,4-6,8,11,13-15,22-24,30,33,36-41,43-47,49-50,52-56,58-59,61-67H2,1-3H3/b10-7-,12-9-,19-16-,20-17-,21-18-,28-25-,29-26-,32-31-,35-34-,42-27-,51-48-,60-57-. The van der Waals surface area contributed by atoms with Crippen LogP contribution in [0.25, 0.3) is 0 Å². The Morgan fingerprint density at radius 1 is 0.286 bits per heavy atom. The van der Waals surface area contributed by atoms with Gasteiger partial charge in [0.2, 0.25) is 0 Å². The number of hydrogen-bond acceptors (Lipinski definition) is 6. The molecule has 0 heterocycles. The summed E-state index contributed by atoms with van der Waals surface area (Å²) in [6.45, 7) is 6.29. The highest BCUT2D eigenvalue weighted by Gasteiger charge is 2.19. The summed E-state index contributed by atoms with van der Waals surface area (Å²) in [4.78, 5) is 38.2. The van der Waals surface area contributed by atoms with Gasteiger partial charge in [-0.1, -0.05) is 269 Å². The maximum absolute atomic E-state index is 12.9. The summed E-state index contributed by atoms with van der Waals surface area (Å²) in [5, 5.41) is 0. The van der Waals surface area contributed by atoms with Crippen LogP contribution in [0.2, 0.25) is 0 Å². The third-order valence-corrected chi connectivity index (χ3v) is 12.8. The molecule has 0 aromatic rings. The first-order valence-electron chi connectivity index (χ1n) is 31.3. The van der Waals surface area contributed by atoms with E-state index in [0.29, 0.717) is 12.8 Å². The van der Waals surface area contributed by atoms with Crippen LogP contribution in [-0.2, 0) is 28.6 Å². The average molecular weight is 1060 g/mol. The maximum atomic E-state index is 12.9. The summed E-state index contributed by atoms with van der Waals surface area (Å²) < 4.78 is 16.8. The molecule has 0 saturated heterocycles. The molecule has 434 valence electrons. The van der Waals surface area contributed by atoms with Gasteiger partial charge < -0.3 is 14.2 Å². The highest BCUT2D eigenvalue weighted by atomic mass is 16.6. The summed E-state index contributed by atoms with van der Waals surface area (Å²) in [5.41, 5.74) is 0. The fourth-order valence-electron chi connectivity index (χ4n) is 8.22. The zero-order valence-electron chi connectivity index (χ0n) is 49.7. The minimum absolute atomic E-state index is 0.117. The molecule has 1 atom stereocenters. The molecule has 0 aromatic carbocycles. The second-order valence-corrected chi connectivity index (χ2v) is 20.2. The van der Waals surface area contributed by atoms with Gasteiger partial charge in [0.1, 0.15) is 13.2 Å². The lowest BCUT2D eigenvalue weighted by atomic mass is 10.0. The van der Waals surface area contributed by atoms with Crippen LogP contribution in [0.4, 0.5) is 0 Å². The number of rotatable bonds is 55. The van der Waals surface area contributed by atoms with E-state index in [1.54, 1.807) is 6.08 Å². The van der Waals surface area contributed by atoms with Crippen molar-refractivity contribution >= 4 is 17.9 Å². The van der Waals surface area contributed by atoms with E-state index in [9.17, 15) is 14.4 Å². The molecule has 0 radical (unpaired) electrons. The van der Waals surface area contributed by atoms with Gasteiger partial charge in [-0.15, -0.1) is 0 Å². The minimum atomic E-state index is -0.830. The third-order valence-electron chi connectivity index (χ3n) is 12.8. The summed E-state index contributed by atoms with van der Waals surface area (Å²) in [6.07, 6.45) is 91.6. The maximum Gasteiger partial charge on any atom is 0.309 e. The van der Waals surface area contributed by atoms with E-state index in [-0.39, 0.29) is 31.6 Å². The number of carbonyl (C=O) groups is 3. The van der Waals surface area contributed by atoms with Gasteiger partial charge in [-0.2, -0.15) is 0 Å². The first-order valence-corrected chi connectivity index (χ1v) is 31.3. The van der Waals surface area contributed by atoms with Gasteiger partial charge in [0, 0.05) is 12.8 Å². The molecule has 0 aliphatic heterocycles. The van der Waals surface area contributed by atoms with E-state index in [1.165, 1.54) is 109 Å². The van der Waals surface area contributed by atoms with Crippen molar-refractivity contribution in [3.63, 3.8) is 0 Å². The van der Waals surface area contributed by atoms with Crippen LogP contribution in [0.1, 0.15) is 265 Å². The molecule has 0 N–H and O–H groups in total. The van der Waals surface area contributed by atoms with Gasteiger partial charge in [-0.3, -0.25) is 14.4 Å². The third kappa shape index (κ3) is 62.0. The molecule has 0 aliphatic carbocycles. The first-order chi connectivity index (χ1) is 38.0. The summed E-state index contributed by atoms with van der Waals surface area (Å²) in [5.74, 6) is -1.06. The SMILES string of the molecule is CC/C=C\C/C=C\C/C=C\C/C=C\C/C=C\CCCCCCCCCCCCCC(=O)OCC(COC(=O)C/C=C\C/C=C\C/C=C\C/C=C\C/C=C\CC)OC(=O)CCCCCCCCC/C=C\C/C=C\CCCCC. The van der Waals surface area contributed by atoms with E-state index in [0.717, 1.165) is 116 Å². The number of unbranched alkanes of at least 4 members (excludes halogenated alkanes) is 21. The summed E-state index contributed by atoms with van der Waals surface area (Å²) in [6, 6.07) is 0. The highest BCUT2D eigenvalue weighted by molar-refractivity contribution is 5.72. The smallest absolute Gasteiger partial charge is 0.309 e. The number of allylic oxidation sites excluding steroid dienone is 23. The molecule has 0 rings (SSSR count). The Bertz CT molecular complexity index is 1700. The van der Waals surface area contributed by atoms with Crippen LogP contribution in [0.15, 0.2) is 146 Å². The van der Waals surface area contributed by atoms with Crippen LogP contribution in [0, 0.1) is 0 Å². The fraction of sp³-hybridized carbons (Fsp3) is 0.620. The lowest BCUT2D eigenvalue weighted by Crippen LogP contribution is -2.30. The predicted molar refractivity (Wildman–Crippen MR) is 334 cm³/mol. The van der Waals surface area contributed by atoms with Gasteiger partial charge in [0.15, 0.2) is 6.10 Å². The first kappa shape index (κ1) is 72.3. The Balaban J connectivity index is 4.42. The molecule has 0 saturated carbocycles. The quantitative estimate of drug-likeness (QED) is 0.0261. The second-order valence-electron chi connectivity index (χ2n) is 20.2. The van der Waals surface area contributed by atoms with Gasteiger partial charge >= 0.3 is 17.9 Å². The molecule has 6 nitrogen and oxygen atoms in total. The van der Waals surface area contributed by atoms with Gasteiger partial charge in [0.05, 0.1) is 6.42 Å². The number of carbonyl (C=O) groups excluding carboxylic acids is 3. The zero-order chi connectivity index (χ0) is 55.7. The van der Waals surface area contributed by atoms with Crippen LogP contribution < -0.4 is 0 Å². The van der Waals surface area contributed by atoms with E-state index < -0.39 is 12.1 Å². The Labute approximate surface area is 474 Å². The Hall–Kier alpha value is -4.71. The molecular weight excluding hydrogens is 949 g/mol. The summed E-state index contributed by atoms with van der Waals surface area (Å²) in [7, 11) is 0. The molecular formula is C71H114O6. The largest absolute Gasteiger partial charge is 0.462 e. The van der Waals surface area contributed by atoms with E-state index in [2.05, 4.69) is 154 Å². The molecule has 0 fully saturated rings. The molecule has 0 aromatic heterocycles. The Morgan fingerprint density at radius 3 is 0.909 bits per heavy atom. The van der Waals surface area contributed by atoms with Crippen molar-refractivity contribution in [2.45, 2.75) is 271 Å².